The number of rotatable bonds is 6. The van der Waals surface area contributed by atoms with Crippen LogP contribution in [0.1, 0.15) is 52.1 Å². The van der Waals surface area contributed by atoms with Gasteiger partial charge in [-0.1, -0.05) is 44.2 Å². The van der Waals surface area contributed by atoms with E-state index in [0.29, 0.717) is 0 Å². The van der Waals surface area contributed by atoms with Crippen molar-refractivity contribution < 1.29 is 24.2 Å². The molecule has 1 aromatic carbocycles. The largest absolute Gasteiger partial charge is 0.481 e. The normalized spacial score (nSPS) is 20.8. The smallest absolute Gasteiger partial charge is 0.410 e. The number of nitrogens with two attached hydrogens (primary N) is 1. The lowest BCUT2D eigenvalue weighted by atomic mass is 9.73. The summed E-state index contributed by atoms with van der Waals surface area (Å²) in [5.41, 5.74) is 5.15. The summed E-state index contributed by atoms with van der Waals surface area (Å²) in [5, 5.41) is 17.7. The molecule has 5 N–H and O–H groups in total. The predicted octanol–water partition coefficient (Wildman–Crippen LogP) is 2.52. The second kappa shape index (κ2) is 10.6. The molecule has 2 rings (SSSR count). The van der Waals surface area contributed by atoms with E-state index in [9.17, 15) is 14.4 Å². The second-order valence-electron chi connectivity index (χ2n) is 8.07. The van der Waals surface area contributed by atoms with Crippen LogP contribution < -0.4 is 11.1 Å². The number of nitrogens with zero attached hydrogens (tertiary/aromatic N) is 1. The Morgan fingerprint density at radius 3 is 2.37 bits per heavy atom. The first kappa shape index (κ1) is 24.9. The average Bonchev–Trinajstić information content (AvgIpc) is 2.59. The van der Waals surface area contributed by atoms with Crippen molar-refractivity contribution in [2.75, 3.05) is 7.05 Å². The molecule has 0 saturated carbocycles. The van der Waals surface area contributed by atoms with Crippen LogP contribution in [0.15, 0.2) is 30.3 Å². The standard InChI is InChI=1S/C19H26N2O5.C2H6N2/c1-12(10-16(23)24)20-15(22)11-14-19(2,3)17(21(4)18(25)26-14)13-8-6-5-7-9-13;1-2(3)4/h5-9,12,14,17H,10-11H2,1-4H3,(H,20,22)(H,23,24);1H3,(H3,3,4). The summed E-state index contributed by atoms with van der Waals surface area (Å²) in [6, 6.07) is 8.91. The lowest BCUT2D eigenvalue weighted by Gasteiger charge is -2.48. The van der Waals surface area contributed by atoms with Crippen LogP contribution >= 0.6 is 0 Å². The number of ether oxygens (including phenoxy) is 1. The van der Waals surface area contributed by atoms with Crippen LogP contribution in [-0.4, -0.2) is 53.0 Å². The monoisotopic (exact) mass is 420 g/mol. The molecular formula is C21H32N4O5. The maximum absolute atomic E-state index is 12.3. The van der Waals surface area contributed by atoms with E-state index < -0.39 is 29.6 Å². The summed E-state index contributed by atoms with van der Waals surface area (Å²) in [6.07, 6.45) is -1.27. The Morgan fingerprint density at radius 2 is 1.87 bits per heavy atom. The van der Waals surface area contributed by atoms with Crippen LogP contribution in [0.4, 0.5) is 4.79 Å². The van der Waals surface area contributed by atoms with Crippen LogP contribution in [0.2, 0.25) is 0 Å². The number of amides is 2. The van der Waals surface area contributed by atoms with E-state index in [1.165, 1.54) is 6.92 Å². The van der Waals surface area contributed by atoms with Crippen molar-refractivity contribution in [1.29, 1.82) is 5.41 Å². The molecule has 166 valence electrons. The summed E-state index contributed by atoms with van der Waals surface area (Å²) in [4.78, 5) is 36.9. The average molecular weight is 421 g/mol. The van der Waals surface area contributed by atoms with Crippen molar-refractivity contribution in [2.45, 2.75) is 58.7 Å². The SMILES string of the molecule is CC(=N)N.CC(CC(=O)O)NC(=O)CC1OC(=O)N(C)C(c2ccccc2)C1(C)C. The van der Waals surface area contributed by atoms with Gasteiger partial charge in [0.25, 0.3) is 0 Å². The third-order valence-corrected chi connectivity index (χ3v) is 4.83. The number of amidine groups is 1. The number of cyclic esters (lactones) is 1. The molecule has 0 aliphatic carbocycles. The number of aliphatic carboxylic acids is 1. The topological polar surface area (TPSA) is 146 Å². The summed E-state index contributed by atoms with van der Waals surface area (Å²) in [7, 11) is 1.69. The van der Waals surface area contributed by atoms with Gasteiger partial charge in [-0.2, -0.15) is 0 Å². The number of carbonyl (C=O) groups is 3. The lowest BCUT2D eigenvalue weighted by Crippen LogP contribution is -2.54. The Bertz CT molecular complexity index is 762. The molecule has 2 amide bonds. The Kier molecular flexibility index (Phi) is 8.82. The van der Waals surface area contributed by atoms with Gasteiger partial charge in [-0.3, -0.25) is 15.0 Å². The highest BCUT2D eigenvalue weighted by molar-refractivity contribution is 5.79. The van der Waals surface area contributed by atoms with Crippen LogP contribution in [-0.2, 0) is 14.3 Å². The van der Waals surface area contributed by atoms with Gasteiger partial charge >= 0.3 is 12.1 Å². The Balaban J connectivity index is 0.00000103. The van der Waals surface area contributed by atoms with Gasteiger partial charge in [-0.15, -0.1) is 0 Å². The fourth-order valence-corrected chi connectivity index (χ4v) is 3.55. The quantitative estimate of drug-likeness (QED) is 0.411. The first-order valence-corrected chi connectivity index (χ1v) is 9.66. The zero-order valence-corrected chi connectivity index (χ0v) is 18.1. The fraction of sp³-hybridized carbons (Fsp3) is 0.524. The van der Waals surface area contributed by atoms with Crippen LogP contribution in [0.3, 0.4) is 0 Å². The molecule has 1 fully saturated rings. The second-order valence-corrected chi connectivity index (χ2v) is 8.07. The molecule has 3 unspecified atom stereocenters. The van der Waals surface area contributed by atoms with Crippen molar-refractivity contribution >= 4 is 23.8 Å². The van der Waals surface area contributed by atoms with Gasteiger partial charge in [0.15, 0.2) is 0 Å². The van der Waals surface area contributed by atoms with E-state index in [-0.39, 0.29) is 30.6 Å². The fourth-order valence-electron chi connectivity index (χ4n) is 3.55. The summed E-state index contributed by atoms with van der Waals surface area (Å²) < 4.78 is 5.51. The molecule has 1 aliphatic rings. The Hall–Kier alpha value is -3.10. The van der Waals surface area contributed by atoms with E-state index in [1.807, 2.05) is 44.2 Å². The summed E-state index contributed by atoms with van der Waals surface area (Å²) in [5.74, 6) is -1.14. The zero-order valence-electron chi connectivity index (χ0n) is 18.1. The lowest BCUT2D eigenvalue weighted by molar-refractivity contribution is -0.137. The predicted molar refractivity (Wildman–Crippen MR) is 113 cm³/mol. The van der Waals surface area contributed by atoms with Gasteiger partial charge < -0.3 is 25.8 Å². The molecule has 0 bridgehead atoms. The molecule has 1 heterocycles. The Labute approximate surface area is 177 Å². The van der Waals surface area contributed by atoms with Crippen molar-refractivity contribution in [3.8, 4) is 0 Å². The maximum Gasteiger partial charge on any atom is 0.410 e. The molecule has 1 saturated heterocycles. The molecule has 3 atom stereocenters. The highest BCUT2D eigenvalue weighted by atomic mass is 16.6. The third kappa shape index (κ3) is 7.06. The zero-order chi connectivity index (χ0) is 23.1. The minimum Gasteiger partial charge on any atom is -0.481 e. The number of hydrogen-bond donors (Lipinski definition) is 4. The van der Waals surface area contributed by atoms with E-state index >= 15 is 0 Å². The van der Waals surface area contributed by atoms with Gasteiger partial charge in [0.05, 0.1) is 24.7 Å². The van der Waals surface area contributed by atoms with Crippen LogP contribution in [0.5, 0.6) is 0 Å². The third-order valence-electron chi connectivity index (χ3n) is 4.83. The Morgan fingerprint density at radius 1 is 1.33 bits per heavy atom. The highest BCUT2D eigenvalue weighted by Gasteiger charge is 2.49. The molecule has 1 aromatic rings. The van der Waals surface area contributed by atoms with Crippen molar-refractivity contribution in [2.24, 2.45) is 11.1 Å². The minimum atomic E-state index is -0.979. The molecule has 0 radical (unpaired) electrons. The summed E-state index contributed by atoms with van der Waals surface area (Å²) in [6.45, 7) is 7.09. The minimum absolute atomic E-state index is 0.0140. The molecular weight excluding hydrogens is 388 g/mol. The van der Waals surface area contributed by atoms with Gasteiger partial charge in [0, 0.05) is 18.5 Å². The van der Waals surface area contributed by atoms with Gasteiger partial charge in [-0.25, -0.2) is 4.79 Å². The number of carboxylic acids is 1. The van der Waals surface area contributed by atoms with Gasteiger partial charge in [-0.05, 0) is 19.4 Å². The van der Waals surface area contributed by atoms with E-state index in [4.69, 9.17) is 21.0 Å². The first-order chi connectivity index (χ1) is 13.9. The molecule has 0 aromatic heterocycles. The maximum atomic E-state index is 12.3. The van der Waals surface area contributed by atoms with Crippen molar-refractivity contribution in [1.82, 2.24) is 10.2 Å². The number of carboxylic acid groups (broad SMARTS) is 1. The van der Waals surface area contributed by atoms with Gasteiger partial charge in [0.1, 0.15) is 6.10 Å². The van der Waals surface area contributed by atoms with Crippen LogP contribution in [0.25, 0.3) is 0 Å². The number of carbonyl (C=O) groups excluding carboxylic acids is 2. The molecule has 1 aliphatic heterocycles. The molecule has 30 heavy (non-hydrogen) atoms. The van der Waals surface area contributed by atoms with Crippen LogP contribution in [0, 0.1) is 10.8 Å². The number of nitrogens with one attached hydrogen (secondary N) is 2. The molecule has 0 spiro atoms. The number of hydrogen-bond acceptors (Lipinski definition) is 5. The summed E-state index contributed by atoms with van der Waals surface area (Å²) >= 11 is 0. The highest BCUT2D eigenvalue weighted by Crippen LogP contribution is 2.46. The van der Waals surface area contributed by atoms with E-state index in [2.05, 4.69) is 5.32 Å². The molecule has 9 nitrogen and oxygen atoms in total. The molecule has 9 heteroatoms. The van der Waals surface area contributed by atoms with E-state index in [0.717, 1.165) is 5.56 Å². The first-order valence-electron chi connectivity index (χ1n) is 9.66. The van der Waals surface area contributed by atoms with Crippen molar-refractivity contribution in [3.63, 3.8) is 0 Å². The van der Waals surface area contributed by atoms with E-state index in [1.54, 1.807) is 18.9 Å². The van der Waals surface area contributed by atoms with Crippen molar-refractivity contribution in [3.05, 3.63) is 35.9 Å². The number of benzene rings is 1. The van der Waals surface area contributed by atoms with Gasteiger partial charge in [0.2, 0.25) is 5.91 Å².